The van der Waals surface area contributed by atoms with E-state index in [2.05, 4.69) is 43.6 Å². The highest BCUT2D eigenvalue weighted by Crippen LogP contribution is 2.24. The molecule has 0 fully saturated rings. The van der Waals surface area contributed by atoms with Crippen LogP contribution in [0.4, 0.5) is 10.5 Å². The van der Waals surface area contributed by atoms with Gasteiger partial charge in [0.2, 0.25) is 0 Å². The zero-order chi connectivity index (χ0) is 15.4. The molecule has 1 N–H and O–H groups in total. The second kappa shape index (κ2) is 6.76. The Hall–Kier alpha value is -1.81. The number of carbonyl (C=O) groups excluding carboxylic acids is 1. The van der Waals surface area contributed by atoms with Gasteiger partial charge in [0.15, 0.2) is 0 Å². The summed E-state index contributed by atoms with van der Waals surface area (Å²) in [5, 5.41) is 5.08. The number of anilines is 1. The first-order valence-electron chi connectivity index (χ1n) is 7.13. The molecule has 2 aromatic rings. The van der Waals surface area contributed by atoms with Gasteiger partial charge in [0.1, 0.15) is 0 Å². The topological polar surface area (TPSA) is 32.3 Å². The third kappa shape index (κ3) is 3.85. The lowest BCUT2D eigenvalue weighted by Crippen LogP contribution is -2.31. The molecule has 3 nitrogen and oxygen atoms in total. The van der Waals surface area contributed by atoms with Crippen LogP contribution in [0, 0.1) is 6.92 Å². The van der Waals surface area contributed by atoms with E-state index in [1.54, 1.807) is 16.2 Å². The Balaban J connectivity index is 2.06. The van der Waals surface area contributed by atoms with Crippen LogP contribution < -0.4 is 5.32 Å². The quantitative estimate of drug-likeness (QED) is 0.860. The van der Waals surface area contributed by atoms with Gasteiger partial charge in [-0.3, -0.25) is 0 Å². The Bertz CT molecular complexity index is 619. The zero-order valence-corrected chi connectivity index (χ0v) is 13.8. The van der Waals surface area contributed by atoms with Crippen LogP contribution in [0.5, 0.6) is 0 Å². The highest BCUT2D eigenvalue weighted by atomic mass is 32.1. The highest BCUT2D eigenvalue weighted by Gasteiger charge is 2.14. The van der Waals surface area contributed by atoms with Crippen LogP contribution in [0.15, 0.2) is 35.7 Å². The first kappa shape index (κ1) is 15.6. The SMILES string of the molecule is Cc1ccsc1CN(C)C(=O)Nc1ccccc1C(C)C. The third-order valence-electron chi connectivity index (χ3n) is 3.52. The molecule has 0 aliphatic rings. The van der Waals surface area contributed by atoms with Crippen LogP contribution in [-0.4, -0.2) is 18.0 Å². The molecule has 0 radical (unpaired) electrons. The second-order valence-corrected chi connectivity index (χ2v) is 6.56. The Labute approximate surface area is 130 Å². The standard InChI is InChI=1S/C17H22N2OS/c1-12(2)14-7-5-6-8-15(14)18-17(20)19(4)11-16-13(3)9-10-21-16/h5-10,12H,11H2,1-4H3,(H,18,20). The molecule has 0 aliphatic heterocycles. The Morgan fingerprint density at radius 1 is 1.29 bits per heavy atom. The fourth-order valence-electron chi connectivity index (χ4n) is 2.18. The van der Waals surface area contributed by atoms with E-state index in [1.807, 2.05) is 25.2 Å². The maximum atomic E-state index is 12.3. The van der Waals surface area contributed by atoms with Gasteiger partial charge >= 0.3 is 6.03 Å². The molecule has 0 aliphatic carbocycles. The molecule has 0 bridgehead atoms. The summed E-state index contributed by atoms with van der Waals surface area (Å²) in [7, 11) is 1.83. The summed E-state index contributed by atoms with van der Waals surface area (Å²) in [4.78, 5) is 15.3. The normalized spacial score (nSPS) is 10.7. The number of amides is 2. The molecule has 0 spiro atoms. The number of aryl methyl sites for hydroxylation is 1. The predicted molar refractivity (Wildman–Crippen MR) is 90.1 cm³/mol. The van der Waals surface area contributed by atoms with Gasteiger partial charge < -0.3 is 10.2 Å². The van der Waals surface area contributed by atoms with Gasteiger partial charge in [-0.1, -0.05) is 32.0 Å². The lowest BCUT2D eigenvalue weighted by atomic mass is 10.0. The van der Waals surface area contributed by atoms with Gasteiger partial charge in [0.05, 0.1) is 6.54 Å². The van der Waals surface area contributed by atoms with Crippen LogP contribution >= 0.6 is 11.3 Å². The Morgan fingerprint density at radius 3 is 2.62 bits per heavy atom. The molecule has 1 aromatic carbocycles. The van der Waals surface area contributed by atoms with Gasteiger partial charge in [0, 0.05) is 17.6 Å². The molecule has 2 rings (SSSR count). The molecule has 0 unspecified atom stereocenters. The summed E-state index contributed by atoms with van der Waals surface area (Å²) in [5.41, 5.74) is 3.29. The minimum Gasteiger partial charge on any atom is -0.322 e. The van der Waals surface area contributed by atoms with Crippen LogP contribution in [0.2, 0.25) is 0 Å². The zero-order valence-electron chi connectivity index (χ0n) is 13.0. The molecular formula is C17H22N2OS. The maximum absolute atomic E-state index is 12.3. The number of nitrogens with one attached hydrogen (secondary N) is 1. The number of hydrogen-bond donors (Lipinski definition) is 1. The summed E-state index contributed by atoms with van der Waals surface area (Å²) in [6.07, 6.45) is 0. The summed E-state index contributed by atoms with van der Waals surface area (Å²) in [5.74, 6) is 0.381. The molecule has 1 aromatic heterocycles. The molecule has 112 valence electrons. The minimum absolute atomic E-state index is 0.0732. The molecule has 2 amide bonds. The Kier molecular flexibility index (Phi) is 5.02. The molecule has 1 heterocycles. The monoisotopic (exact) mass is 302 g/mol. The summed E-state index contributed by atoms with van der Waals surface area (Å²) in [6.45, 7) is 6.97. The minimum atomic E-state index is -0.0732. The van der Waals surface area contributed by atoms with Crippen molar-refractivity contribution in [1.29, 1.82) is 0 Å². The summed E-state index contributed by atoms with van der Waals surface area (Å²) in [6, 6.07) is 9.98. The van der Waals surface area contributed by atoms with E-state index < -0.39 is 0 Å². The molecule has 0 atom stereocenters. The number of carbonyl (C=O) groups is 1. The van der Waals surface area contributed by atoms with Crippen molar-refractivity contribution in [3.8, 4) is 0 Å². The predicted octanol–water partition coefficient (Wildman–Crippen LogP) is 4.84. The average molecular weight is 302 g/mol. The van der Waals surface area contributed by atoms with Crippen molar-refractivity contribution in [3.63, 3.8) is 0 Å². The van der Waals surface area contributed by atoms with Gasteiger partial charge in [-0.05, 0) is 41.5 Å². The number of rotatable bonds is 4. The maximum Gasteiger partial charge on any atom is 0.321 e. The lowest BCUT2D eigenvalue weighted by molar-refractivity contribution is 0.221. The Morgan fingerprint density at radius 2 is 2.00 bits per heavy atom. The van der Waals surface area contributed by atoms with E-state index in [-0.39, 0.29) is 6.03 Å². The van der Waals surface area contributed by atoms with Crippen LogP contribution in [-0.2, 0) is 6.54 Å². The highest BCUT2D eigenvalue weighted by molar-refractivity contribution is 7.10. The van der Waals surface area contributed by atoms with Crippen LogP contribution in [0.1, 0.15) is 35.8 Å². The molecule has 0 saturated carbocycles. The summed E-state index contributed by atoms with van der Waals surface area (Å²) < 4.78 is 0. The van der Waals surface area contributed by atoms with Crippen molar-refractivity contribution < 1.29 is 4.79 Å². The van der Waals surface area contributed by atoms with E-state index in [9.17, 15) is 4.79 Å². The molecule has 4 heteroatoms. The number of hydrogen-bond acceptors (Lipinski definition) is 2. The fraction of sp³-hybridized carbons (Fsp3) is 0.353. The van der Waals surface area contributed by atoms with E-state index in [0.29, 0.717) is 12.5 Å². The number of nitrogens with zero attached hydrogens (tertiary/aromatic N) is 1. The fourth-order valence-corrected chi connectivity index (χ4v) is 3.14. The van der Waals surface area contributed by atoms with E-state index in [0.717, 1.165) is 11.3 Å². The number of benzene rings is 1. The largest absolute Gasteiger partial charge is 0.322 e. The van der Waals surface area contributed by atoms with Crippen molar-refractivity contribution >= 4 is 23.1 Å². The van der Waals surface area contributed by atoms with Crippen LogP contribution in [0.3, 0.4) is 0 Å². The first-order chi connectivity index (χ1) is 9.99. The van der Waals surface area contributed by atoms with E-state index in [4.69, 9.17) is 0 Å². The first-order valence-corrected chi connectivity index (χ1v) is 8.01. The third-order valence-corrected chi connectivity index (χ3v) is 4.53. The van der Waals surface area contributed by atoms with Crippen molar-refractivity contribution in [2.45, 2.75) is 33.2 Å². The van der Waals surface area contributed by atoms with Crippen molar-refractivity contribution in [2.24, 2.45) is 0 Å². The molecule has 0 saturated heterocycles. The number of urea groups is 1. The smallest absolute Gasteiger partial charge is 0.321 e. The second-order valence-electron chi connectivity index (χ2n) is 5.55. The molecular weight excluding hydrogens is 280 g/mol. The van der Waals surface area contributed by atoms with Gasteiger partial charge in [0.25, 0.3) is 0 Å². The van der Waals surface area contributed by atoms with Crippen LogP contribution in [0.25, 0.3) is 0 Å². The van der Waals surface area contributed by atoms with E-state index in [1.165, 1.54) is 10.4 Å². The number of thiophene rings is 1. The van der Waals surface area contributed by atoms with E-state index >= 15 is 0 Å². The molecule has 21 heavy (non-hydrogen) atoms. The summed E-state index contributed by atoms with van der Waals surface area (Å²) >= 11 is 1.69. The van der Waals surface area contributed by atoms with Crippen molar-refractivity contribution in [3.05, 3.63) is 51.7 Å². The van der Waals surface area contributed by atoms with Gasteiger partial charge in [-0.15, -0.1) is 11.3 Å². The van der Waals surface area contributed by atoms with Crippen molar-refractivity contribution in [1.82, 2.24) is 4.90 Å². The van der Waals surface area contributed by atoms with Gasteiger partial charge in [-0.25, -0.2) is 4.79 Å². The number of para-hydroxylation sites is 1. The van der Waals surface area contributed by atoms with Gasteiger partial charge in [-0.2, -0.15) is 0 Å². The average Bonchev–Trinajstić information content (AvgIpc) is 2.84. The van der Waals surface area contributed by atoms with Crippen molar-refractivity contribution in [2.75, 3.05) is 12.4 Å². The lowest BCUT2D eigenvalue weighted by Gasteiger charge is -2.20.